The number of likely N-dealkylation sites (tertiary alicyclic amines) is 1. The van der Waals surface area contributed by atoms with E-state index >= 15 is 4.39 Å². The van der Waals surface area contributed by atoms with Crippen LogP contribution in [0.1, 0.15) is 35.4 Å². The van der Waals surface area contributed by atoms with Gasteiger partial charge in [0.2, 0.25) is 11.8 Å². The summed E-state index contributed by atoms with van der Waals surface area (Å²) < 4.78 is 15.0. The number of rotatable bonds is 3. The van der Waals surface area contributed by atoms with Crippen molar-refractivity contribution < 1.29 is 33.5 Å². The molecule has 0 spiro atoms. The minimum Gasteiger partial charge on any atom is -0.505 e. The molecule has 1 heterocycles. The fourth-order valence-electron chi connectivity index (χ4n) is 8.20. The first-order valence-corrected chi connectivity index (χ1v) is 14.4. The zero-order valence-corrected chi connectivity index (χ0v) is 23.4. The van der Waals surface area contributed by atoms with Gasteiger partial charge in [0, 0.05) is 23.0 Å². The van der Waals surface area contributed by atoms with Crippen LogP contribution in [0.5, 0.6) is 5.75 Å². The lowest BCUT2D eigenvalue weighted by atomic mass is 9.44. The molecule has 2 fully saturated rings. The summed E-state index contributed by atoms with van der Waals surface area (Å²) in [7, 11) is 0. The summed E-state index contributed by atoms with van der Waals surface area (Å²) in [6.07, 6.45) is 3.18. The third-order valence-corrected chi connectivity index (χ3v) is 9.92. The van der Waals surface area contributed by atoms with Crippen molar-refractivity contribution in [3.8, 4) is 5.75 Å². The SMILES string of the molecule is NC(=O)N1C(=O)[C@H]2[C@H](CC=C3[C@H]2C[C@H]2C(=O)C(c4ccccc4)=CC(=O)[C@@]2(c2ccccc2)[C@H]3c2cccc(F)c2O)C1=O. The second kappa shape index (κ2) is 9.94. The van der Waals surface area contributed by atoms with E-state index in [-0.39, 0.29) is 29.8 Å². The maximum absolute atomic E-state index is 15.0. The second-order valence-electron chi connectivity index (χ2n) is 11.8. The zero-order valence-electron chi connectivity index (χ0n) is 23.4. The first-order valence-electron chi connectivity index (χ1n) is 14.4. The fraction of sp³-hybridized carbons (Fsp3) is 0.229. The third kappa shape index (κ3) is 3.65. The number of imide groups is 3. The van der Waals surface area contributed by atoms with E-state index in [1.165, 1.54) is 18.2 Å². The number of hydrogen-bond donors (Lipinski definition) is 2. The van der Waals surface area contributed by atoms with Crippen LogP contribution in [0.3, 0.4) is 0 Å². The molecule has 1 aliphatic heterocycles. The second-order valence-corrected chi connectivity index (χ2v) is 11.8. The number of hydrogen-bond acceptors (Lipinski definition) is 6. The number of phenolic OH excluding ortho intramolecular Hbond substituents is 1. The highest BCUT2D eigenvalue weighted by Gasteiger charge is 2.66. The molecule has 0 radical (unpaired) electrons. The zero-order chi connectivity index (χ0) is 30.9. The summed E-state index contributed by atoms with van der Waals surface area (Å²) in [5, 5.41) is 11.2. The van der Waals surface area contributed by atoms with Crippen molar-refractivity contribution in [2.24, 2.45) is 29.4 Å². The molecule has 8 nitrogen and oxygen atoms in total. The number of para-hydroxylation sites is 1. The highest BCUT2D eigenvalue weighted by atomic mass is 19.1. The first kappa shape index (κ1) is 27.6. The Hall–Kier alpha value is -5.18. The topological polar surface area (TPSA) is 135 Å². The lowest BCUT2D eigenvalue weighted by molar-refractivity contribution is -0.137. The Kier molecular flexibility index (Phi) is 6.24. The minimum absolute atomic E-state index is 0.00877. The fourth-order valence-corrected chi connectivity index (χ4v) is 8.20. The third-order valence-electron chi connectivity index (χ3n) is 9.92. The molecule has 1 saturated heterocycles. The number of ketones is 2. The smallest absolute Gasteiger partial charge is 0.328 e. The van der Waals surface area contributed by atoms with Crippen LogP contribution >= 0.6 is 0 Å². The van der Waals surface area contributed by atoms with Gasteiger partial charge in [0.1, 0.15) is 0 Å². The van der Waals surface area contributed by atoms with Gasteiger partial charge in [-0.05, 0) is 42.0 Å². The Morgan fingerprint density at radius 3 is 2.25 bits per heavy atom. The normalized spacial score (nSPS) is 29.4. The number of Topliss-reactive ketones (excluding diaryl/α,β-unsaturated/α-hetero) is 1. The lowest BCUT2D eigenvalue weighted by Gasteiger charge is -2.55. The molecule has 9 heteroatoms. The van der Waals surface area contributed by atoms with E-state index in [0.717, 1.165) is 6.07 Å². The molecule has 6 atom stereocenters. The van der Waals surface area contributed by atoms with Crippen LogP contribution in [0, 0.1) is 29.5 Å². The molecule has 1 saturated carbocycles. The molecule has 3 aliphatic carbocycles. The molecule has 0 unspecified atom stereocenters. The quantitative estimate of drug-likeness (QED) is 0.342. The number of urea groups is 1. The highest BCUT2D eigenvalue weighted by Crippen LogP contribution is 2.64. The first-order chi connectivity index (χ1) is 21.2. The number of fused-ring (bicyclic) bond motifs is 4. The maximum atomic E-state index is 15.0. The van der Waals surface area contributed by atoms with Crippen LogP contribution in [-0.2, 0) is 24.6 Å². The van der Waals surface area contributed by atoms with Crippen molar-refractivity contribution in [2.75, 3.05) is 0 Å². The average molecular weight is 591 g/mol. The Morgan fingerprint density at radius 1 is 0.886 bits per heavy atom. The summed E-state index contributed by atoms with van der Waals surface area (Å²) in [4.78, 5) is 69.0. The van der Waals surface area contributed by atoms with Crippen molar-refractivity contribution in [2.45, 2.75) is 24.2 Å². The number of halogens is 1. The number of carbonyl (C=O) groups excluding carboxylic acids is 5. The van der Waals surface area contributed by atoms with Gasteiger partial charge in [-0.3, -0.25) is 19.2 Å². The van der Waals surface area contributed by atoms with Gasteiger partial charge in [0.25, 0.3) is 0 Å². The van der Waals surface area contributed by atoms with Crippen molar-refractivity contribution in [1.82, 2.24) is 4.90 Å². The number of carbonyl (C=O) groups is 5. The van der Waals surface area contributed by atoms with Crippen LogP contribution in [0.2, 0.25) is 0 Å². The molecule has 220 valence electrons. The molecular formula is C35H27FN2O6. The Balaban J connectivity index is 1.53. The molecule has 44 heavy (non-hydrogen) atoms. The number of primary amides is 1. The van der Waals surface area contributed by atoms with Gasteiger partial charge in [-0.15, -0.1) is 0 Å². The molecule has 4 amide bonds. The monoisotopic (exact) mass is 590 g/mol. The lowest BCUT2D eigenvalue weighted by Crippen LogP contribution is -2.58. The van der Waals surface area contributed by atoms with Crippen LogP contribution in [0.4, 0.5) is 9.18 Å². The van der Waals surface area contributed by atoms with Crippen LogP contribution in [0.25, 0.3) is 5.57 Å². The number of nitrogens with two attached hydrogens (primary N) is 1. The van der Waals surface area contributed by atoms with Crippen molar-refractivity contribution in [1.29, 1.82) is 0 Å². The largest absolute Gasteiger partial charge is 0.505 e. The molecule has 4 aliphatic rings. The maximum Gasteiger partial charge on any atom is 0.328 e. The molecule has 3 N–H and O–H groups in total. The van der Waals surface area contributed by atoms with E-state index in [4.69, 9.17) is 5.73 Å². The van der Waals surface area contributed by atoms with Crippen molar-refractivity contribution >= 4 is 35.0 Å². The van der Waals surface area contributed by atoms with Crippen LogP contribution < -0.4 is 5.73 Å². The summed E-state index contributed by atoms with van der Waals surface area (Å²) in [5.74, 6) is -8.56. The van der Waals surface area contributed by atoms with Crippen molar-refractivity contribution in [3.05, 3.63) is 119 Å². The molecular weight excluding hydrogens is 563 g/mol. The molecule has 7 rings (SSSR count). The van der Waals surface area contributed by atoms with E-state index < -0.39 is 70.2 Å². The molecule has 3 aromatic carbocycles. The van der Waals surface area contributed by atoms with Crippen LogP contribution in [-0.4, -0.2) is 39.4 Å². The van der Waals surface area contributed by atoms with Gasteiger partial charge in [-0.25, -0.2) is 9.18 Å². The number of benzene rings is 3. The summed E-state index contributed by atoms with van der Waals surface area (Å²) in [6.45, 7) is 0. The summed E-state index contributed by atoms with van der Waals surface area (Å²) in [6, 6.07) is 20.4. The van der Waals surface area contributed by atoms with Crippen molar-refractivity contribution in [3.63, 3.8) is 0 Å². The number of allylic oxidation sites excluding steroid dienone is 4. The van der Waals surface area contributed by atoms with Gasteiger partial charge < -0.3 is 10.8 Å². The van der Waals surface area contributed by atoms with E-state index in [0.29, 0.717) is 21.6 Å². The summed E-state index contributed by atoms with van der Waals surface area (Å²) in [5.41, 5.74) is 5.72. The Morgan fingerprint density at radius 2 is 1.57 bits per heavy atom. The molecule has 3 aromatic rings. The molecule has 0 aromatic heterocycles. The van der Waals surface area contributed by atoms with Crippen LogP contribution in [0.15, 0.2) is 96.6 Å². The predicted molar refractivity (Wildman–Crippen MR) is 156 cm³/mol. The minimum atomic E-state index is -1.61. The number of nitrogens with zero attached hydrogens (tertiary/aromatic N) is 1. The number of phenols is 1. The Labute approximate surface area is 251 Å². The van der Waals surface area contributed by atoms with E-state index in [1.807, 2.05) is 0 Å². The number of aromatic hydroxyl groups is 1. The standard InChI is InChI=1S/C35H27FN2O6/c36-26-13-7-12-22(31(26)41)29-20-14-15-21-28(33(43)38(32(21)42)34(37)44)24(20)16-25-30(40)23(18-8-3-1-4-9-18)17-27(39)35(25,29)19-10-5-2-6-11-19/h1-14,17,21,24-25,28-29,41H,15-16H2,(H2,37,44)/t21-,24+,25-,28-,29+,35-/m0/s1. The van der Waals surface area contributed by atoms with E-state index in [1.54, 1.807) is 66.7 Å². The molecule has 0 bridgehead atoms. The van der Waals surface area contributed by atoms with E-state index in [2.05, 4.69) is 0 Å². The summed E-state index contributed by atoms with van der Waals surface area (Å²) >= 11 is 0. The van der Waals surface area contributed by atoms with Gasteiger partial charge in [-0.1, -0.05) is 84.4 Å². The van der Waals surface area contributed by atoms with Gasteiger partial charge in [0.15, 0.2) is 23.1 Å². The Bertz CT molecular complexity index is 1830. The highest BCUT2D eigenvalue weighted by molar-refractivity contribution is 6.31. The number of amides is 4. The van der Waals surface area contributed by atoms with Gasteiger partial charge in [-0.2, -0.15) is 4.90 Å². The van der Waals surface area contributed by atoms with E-state index in [9.17, 15) is 29.1 Å². The van der Waals surface area contributed by atoms with Gasteiger partial charge >= 0.3 is 6.03 Å². The predicted octanol–water partition coefficient (Wildman–Crippen LogP) is 4.43. The average Bonchev–Trinajstić information content (AvgIpc) is 3.29. The van der Waals surface area contributed by atoms with Gasteiger partial charge in [0.05, 0.1) is 17.3 Å².